The van der Waals surface area contributed by atoms with Crippen LogP contribution in [0.15, 0.2) is 11.1 Å². The summed E-state index contributed by atoms with van der Waals surface area (Å²) in [5, 5.41) is 42.2. The fourth-order valence-electron chi connectivity index (χ4n) is 4.35. The first-order chi connectivity index (χ1) is 9.56. The van der Waals surface area contributed by atoms with Crippen LogP contribution in [0.25, 0.3) is 0 Å². The lowest BCUT2D eigenvalue weighted by molar-refractivity contribution is -0.145. The Morgan fingerprint density at radius 2 is 1.67 bits per heavy atom. The molecule has 1 fully saturated rings. The highest BCUT2D eigenvalue weighted by Gasteiger charge is 2.58. The number of fused-ring (bicyclic) bond motifs is 1. The largest absolute Gasteiger partial charge is 0.462 e. The number of carbonyl (C=O) groups is 1. The summed E-state index contributed by atoms with van der Waals surface area (Å²) in [7, 11) is 0. The van der Waals surface area contributed by atoms with Gasteiger partial charge in [0, 0.05) is 18.8 Å². The van der Waals surface area contributed by atoms with Crippen LogP contribution in [-0.4, -0.2) is 55.9 Å². The molecule has 0 aromatic rings. The molecule has 3 aliphatic rings. The molecule has 6 heteroatoms. The Balaban J connectivity index is 2.15. The first kappa shape index (κ1) is 15.0. The fourth-order valence-corrected chi connectivity index (χ4v) is 4.35. The van der Waals surface area contributed by atoms with E-state index in [1.165, 1.54) is 13.8 Å². The average Bonchev–Trinajstić information content (AvgIpc) is 2.68. The van der Waals surface area contributed by atoms with Crippen LogP contribution in [0.4, 0.5) is 0 Å². The second-order valence-corrected chi connectivity index (χ2v) is 7.09. The molecule has 0 aromatic carbocycles. The molecule has 6 nitrogen and oxygen atoms in total. The van der Waals surface area contributed by atoms with Crippen molar-refractivity contribution in [3.63, 3.8) is 0 Å². The van der Waals surface area contributed by atoms with Crippen molar-refractivity contribution >= 4 is 5.97 Å². The molecule has 0 bridgehead atoms. The van der Waals surface area contributed by atoms with Crippen molar-refractivity contribution in [3.05, 3.63) is 11.1 Å². The lowest BCUT2D eigenvalue weighted by Crippen LogP contribution is -2.40. The summed E-state index contributed by atoms with van der Waals surface area (Å²) >= 11 is 0. The number of carbonyl (C=O) groups excluding carboxylic acids is 1. The molecule has 21 heavy (non-hydrogen) atoms. The van der Waals surface area contributed by atoms with Gasteiger partial charge in [0.05, 0.1) is 29.3 Å². The molecule has 1 aliphatic heterocycles. The standard InChI is InChI=1S/C15H22O6/c1-6-9-8(21-13(6)18)5-15(3,20)10-7(16)4-14(2,19)11(10)12(9)17/h6-9,12,16-17,19-20H,4-5H2,1-3H3/t6-,7+,8-,9+,12-,14+,15-/m1/s1. The number of hydrogen-bond donors (Lipinski definition) is 4. The topological polar surface area (TPSA) is 107 Å². The quantitative estimate of drug-likeness (QED) is 0.354. The molecule has 0 amide bonds. The Labute approximate surface area is 123 Å². The lowest BCUT2D eigenvalue weighted by Gasteiger charge is -2.30. The van der Waals surface area contributed by atoms with Gasteiger partial charge >= 0.3 is 5.97 Å². The molecule has 3 rings (SSSR count). The maximum atomic E-state index is 11.8. The van der Waals surface area contributed by atoms with Crippen LogP contribution in [0.2, 0.25) is 0 Å². The molecule has 0 spiro atoms. The average molecular weight is 298 g/mol. The summed E-state index contributed by atoms with van der Waals surface area (Å²) in [5.74, 6) is -1.43. The lowest BCUT2D eigenvalue weighted by atomic mass is 9.80. The minimum absolute atomic E-state index is 0.0332. The maximum Gasteiger partial charge on any atom is 0.309 e. The van der Waals surface area contributed by atoms with E-state index in [2.05, 4.69) is 0 Å². The number of aliphatic hydroxyl groups excluding tert-OH is 2. The van der Waals surface area contributed by atoms with E-state index in [0.29, 0.717) is 0 Å². The van der Waals surface area contributed by atoms with Gasteiger partial charge in [-0.1, -0.05) is 6.92 Å². The van der Waals surface area contributed by atoms with E-state index in [1.54, 1.807) is 6.92 Å². The SMILES string of the molecule is C[C@H]1C(=O)O[C@@H]2C[C@@](C)(O)C3=C([C@H](O)[C@H]21)[C@@](C)(O)C[C@@H]3O. The Morgan fingerprint density at radius 3 is 2.29 bits per heavy atom. The second kappa shape index (κ2) is 4.29. The Kier molecular flexibility index (Phi) is 3.05. The van der Waals surface area contributed by atoms with Crippen molar-refractivity contribution < 1.29 is 30.0 Å². The van der Waals surface area contributed by atoms with Crippen LogP contribution in [0.1, 0.15) is 33.6 Å². The Bertz CT molecular complexity index is 520. The normalized spacial score (nSPS) is 53.3. The number of aliphatic hydroxyl groups is 4. The first-order valence-corrected chi connectivity index (χ1v) is 7.32. The zero-order chi connectivity index (χ0) is 15.7. The van der Waals surface area contributed by atoms with Crippen molar-refractivity contribution in [3.8, 4) is 0 Å². The van der Waals surface area contributed by atoms with Crippen LogP contribution >= 0.6 is 0 Å². The van der Waals surface area contributed by atoms with Gasteiger partial charge in [0.2, 0.25) is 0 Å². The molecule has 0 saturated carbocycles. The summed E-state index contributed by atoms with van der Waals surface area (Å²) in [6.45, 7) is 4.72. The van der Waals surface area contributed by atoms with Gasteiger partial charge < -0.3 is 25.2 Å². The van der Waals surface area contributed by atoms with E-state index in [0.717, 1.165) is 0 Å². The van der Waals surface area contributed by atoms with Crippen molar-refractivity contribution in [2.75, 3.05) is 0 Å². The van der Waals surface area contributed by atoms with E-state index in [9.17, 15) is 25.2 Å². The Morgan fingerprint density at radius 1 is 1.10 bits per heavy atom. The van der Waals surface area contributed by atoms with Gasteiger partial charge in [-0.15, -0.1) is 0 Å². The molecule has 2 aliphatic carbocycles. The second-order valence-electron chi connectivity index (χ2n) is 7.09. The monoisotopic (exact) mass is 298 g/mol. The number of esters is 1. The van der Waals surface area contributed by atoms with Gasteiger partial charge in [0.25, 0.3) is 0 Å². The van der Waals surface area contributed by atoms with Crippen LogP contribution in [0.3, 0.4) is 0 Å². The molecule has 1 saturated heterocycles. The smallest absolute Gasteiger partial charge is 0.309 e. The minimum Gasteiger partial charge on any atom is -0.462 e. The zero-order valence-electron chi connectivity index (χ0n) is 12.4. The highest BCUT2D eigenvalue weighted by molar-refractivity contribution is 5.75. The van der Waals surface area contributed by atoms with E-state index in [4.69, 9.17) is 4.74 Å². The molecule has 1 heterocycles. The molecule has 4 N–H and O–H groups in total. The maximum absolute atomic E-state index is 11.8. The van der Waals surface area contributed by atoms with Gasteiger partial charge in [-0.25, -0.2) is 0 Å². The molecular formula is C15H22O6. The third kappa shape index (κ3) is 1.97. The van der Waals surface area contributed by atoms with Gasteiger partial charge in [0.15, 0.2) is 0 Å². The van der Waals surface area contributed by atoms with Crippen molar-refractivity contribution in [1.82, 2.24) is 0 Å². The predicted octanol–water partition coefficient (Wildman–Crippen LogP) is -0.508. The van der Waals surface area contributed by atoms with Gasteiger partial charge in [-0.05, 0) is 25.0 Å². The summed E-state index contributed by atoms with van der Waals surface area (Å²) in [4.78, 5) is 11.8. The minimum atomic E-state index is -1.43. The summed E-state index contributed by atoms with van der Waals surface area (Å²) in [6, 6.07) is 0. The van der Waals surface area contributed by atoms with E-state index in [-0.39, 0.29) is 24.0 Å². The van der Waals surface area contributed by atoms with Gasteiger partial charge in [0.1, 0.15) is 6.10 Å². The van der Waals surface area contributed by atoms with Crippen molar-refractivity contribution in [1.29, 1.82) is 0 Å². The van der Waals surface area contributed by atoms with Gasteiger partial charge in [-0.3, -0.25) is 4.79 Å². The third-order valence-corrected chi connectivity index (χ3v) is 5.28. The van der Waals surface area contributed by atoms with Crippen LogP contribution < -0.4 is 0 Å². The fraction of sp³-hybridized carbons (Fsp3) is 0.800. The van der Waals surface area contributed by atoms with Crippen molar-refractivity contribution in [2.45, 2.75) is 63.1 Å². The number of hydrogen-bond acceptors (Lipinski definition) is 6. The van der Waals surface area contributed by atoms with Crippen LogP contribution in [0, 0.1) is 11.8 Å². The van der Waals surface area contributed by atoms with Crippen molar-refractivity contribution in [2.24, 2.45) is 11.8 Å². The molecule has 0 unspecified atom stereocenters. The molecule has 0 radical (unpaired) electrons. The predicted molar refractivity (Wildman–Crippen MR) is 72.1 cm³/mol. The zero-order valence-corrected chi connectivity index (χ0v) is 12.4. The number of rotatable bonds is 0. The third-order valence-electron chi connectivity index (χ3n) is 5.28. The van der Waals surface area contributed by atoms with E-state index >= 15 is 0 Å². The van der Waals surface area contributed by atoms with E-state index in [1.807, 2.05) is 0 Å². The Hall–Kier alpha value is -0.950. The molecule has 118 valence electrons. The highest BCUT2D eigenvalue weighted by atomic mass is 16.6. The number of ether oxygens (including phenoxy) is 1. The first-order valence-electron chi connectivity index (χ1n) is 7.32. The van der Waals surface area contributed by atoms with Crippen LogP contribution in [-0.2, 0) is 9.53 Å². The molecule has 0 aromatic heterocycles. The summed E-state index contributed by atoms with van der Waals surface area (Å²) < 4.78 is 5.28. The molecular weight excluding hydrogens is 276 g/mol. The summed E-state index contributed by atoms with van der Waals surface area (Å²) in [5.41, 5.74) is -2.31. The van der Waals surface area contributed by atoms with E-state index < -0.39 is 47.3 Å². The van der Waals surface area contributed by atoms with Crippen LogP contribution in [0.5, 0.6) is 0 Å². The van der Waals surface area contributed by atoms with Gasteiger partial charge in [-0.2, -0.15) is 0 Å². The summed E-state index contributed by atoms with van der Waals surface area (Å²) in [6.07, 6.45) is -2.61. The molecule has 7 atom stereocenters. The highest BCUT2D eigenvalue weighted by Crippen LogP contribution is 2.51.